The smallest absolute Gasteiger partial charge is 0.257 e. The Hall–Kier alpha value is -1.79. The van der Waals surface area contributed by atoms with Gasteiger partial charge >= 0.3 is 0 Å². The minimum Gasteiger partial charge on any atom is -0.374 e. The van der Waals surface area contributed by atoms with E-state index in [4.69, 9.17) is 4.74 Å². The molecule has 1 aromatic heterocycles. The predicted octanol–water partition coefficient (Wildman–Crippen LogP) is 3.62. The van der Waals surface area contributed by atoms with Crippen LogP contribution in [0.25, 0.3) is 0 Å². The van der Waals surface area contributed by atoms with E-state index in [-0.39, 0.29) is 11.3 Å². The molecule has 1 heterocycles. The van der Waals surface area contributed by atoms with Gasteiger partial charge < -0.3 is 4.74 Å². The zero-order chi connectivity index (χ0) is 16.2. The van der Waals surface area contributed by atoms with Gasteiger partial charge in [0.2, 0.25) is 5.13 Å². The number of aromatic nitrogens is 2. The Kier molecular flexibility index (Phi) is 5.26. The molecule has 1 aromatic carbocycles. The highest BCUT2D eigenvalue weighted by atomic mass is 32.1. The molecule has 1 N–H and O–H groups in total. The minimum atomic E-state index is -0.181. The second-order valence-corrected chi connectivity index (χ2v) is 6.98. The van der Waals surface area contributed by atoms with Crippen LogP contribution in [0.4, 0.5) is 5.13 Å². The summed E-state index contributed by atoms with van der Waals surface area (Å²) < 4.78 is 5.26. The van der Waals surface area contributed by atoms with Crippen LogP contribution in [0.5, 0.6) is 0 Å². The maximum absolute atomic E-state index is 12.2. The Morgan fingerprint density at radius 1 is 1.23 bits per heavy atom. The van der Waals surface area contributed by atoms with Gasteiger partial charge in [-0.2, -0.15) is 0 Å². The number of anilines is 1. The number of ether oxygens (including phenoxy) is 1. The summed E-state index contributed by atoms with van der Waals surface area (Å²) in [6.45, 7) is 9.40. The molecule has 5 nitrogen and oxygen atoms in total. The third-order valence-corrected chi connectivity index (χ3v) is 3.94. The van der Waals surface area contributed by atoms with Gasteiger partial charge in [0.15, 0.2) is 0 Å². The zero-order valence-corrected chi connectivity index (χ0v) is 14.2. The molecule has 0 saturated carbocycles. The zero-order valence-electron chi connectivity index (χ0n) is 13.3. The van der Waals surface area contributed by atoms with Gasteiger partial charge in [-0.25, -0.2) is 0 Å². The van der Waals surface area contributed by atoms with E-state index >= 15 is 0 Å². The molecule has 0 spiro atoms. The lowest BCUT2D eigenvalue weighted by Gasteiger charge is -2.18. The highest BCUT2D eigenvalue weighted by molar-refractivity contribution is 7.15. The lowest BCUT2D eigenvalue weighted by molar-refractivity contribution is 0.102. The van der Waals surface area contributed by atoms with Crippen molar-refractivity contribution in [2.45, 2.75) is 39.7 Å². The summed E-state index contributed by atoms with van der Waals surface area (Å²) in [5.41, 5.74) is 1.87. The van der Waals surface area contributed by atoms with Crippen molar-refractivity contribution < 1.29 is 9.53 Å². The van der Waals surface area contributed by atoms with Crippen molar-refractivity contribution in [1.29, 1.82) is 0 Å². The van der Waals surface area contributed by atoms with E-state index in [2.05, 4.69) is 36.3 Å². The maximum atomic E-state index is 12.2. The van der Waals surface area contributed by atoms with Crippen molar-refractivity contribution in [1.82, 2.24) is 10.2 Å². The number of carbonyl (C=O) groups is 1. The predicted molar refractivity (Wildman–Crippen MR) is 88.3 cm³/mol. The summed E-state index contributed by atoms with van der Waals surface area (Å²) >= 11 is 1.32. The first-order chi connectivity index (χ1) is 10.4. The number of amides is 1. The lowest BCUT2D eigenvalue weighted by Crippen LogP contribution is -2.14. The number of hydrogen-bond donors (Lipinski definition) is 1. The van der Waals surface area contributed by atoms with E-state index in [1.165, 1.54) is 16.9 Å². The van der Waals surface area contributed by atoms with Gasteiger partial charge in [-0.15, -0.1) is 10.2 Å². The normalized spacial score (nSPS) is 11.5. The van der Waals surface area contributed by atoms with Crippen molar-refractivity contribution >= 4 is 22.4 Å². The molecule has 0 atom stereocenters. The van der Waals surface area contributed by atoms with Gasteiger partial charge in [-0.05, 0) is 30.0 Å². The number of nitrogens with one attached hydrogen (secondary N) is 1. The van der Waals surface area contributed by atoms with Gasteiger partial charge in [0, 0.05) is 12.2 Å². The number of nitrogens with zero attached hydrogens (tertiary/aromatic N) is 2. The van der Waals surface area contributed by atoms with Gasteiger partial charge in [-0.3, -0.25) is 10.1 Å². The van der Waals surface area contributed by atoms with Crippen molar-refractivity contribution in [3.05, 3.63) is 40.4 Å². The molecule has 2 aromatic rings. The largest absolute Gasteiger partial charge is 0.374 e. The van der Waals surface area contributed by atoms with Crippen molar-refractivity contribution in [3.63, 3.8) is 0 Å². The molecule has 0 bridgehead atoms. The molecule has 2 rings (SSSR count). The van der Waals surface area contributed by atoms with Crippen LogP contribution in [-0.2, 0) is 16.8 Å². The van der Waals surface area contributed by atoms with E-state index in [1.54, 1.807) is 0 Å². The van der Waals surface area contributed by atoms with Gasteiger partial charge in [0.1, 0.15) is 11.6 Å². The molecular formula is C16H21N3O2S. The topological polar surface area (TPSA) is 64.1 Å². The third kappa shape index (κ3) is 4.35. The Labute approximate surface area is 134 Å². The highest BCUT2D eigenvalue weighted by Crippen LogP contribution is 2.23. The molecule has 118 valence electrons. The van der Waals surface area contributed by atoms with E-state index in [0.29, 0.717) is 23.9 Å². The minimum absolute atomic E-state index is 0.0718. The molecule has 0 aliphatic carbocycles. The fourth-order valence-corrected chi connectivity index (χ4v) is 2.52. The molecule has 0 saturated heterocycles. The molecule has 1 amide bonds. The van der Waals surface area contributed by atoms with Crippen molar-refractivity contribution in [3.8, 4) is 0 Å². The van der Waals surface area contributed by atoms with Crippen molar-refractivity contribution in [2.75, 3.05) is 11.9 Å². The van der Waals surface area contributed by atoms with Crippen LogP contribution in [0.2, 0.25) is 0 Å². The SMILES string of the molecule is CCOCc1nnc(NC(=O)c2ccc(C(C)(C)C)cc2)s1. The molecule has 0 unspecified atom stereocenters. The summed E-state index contributed by atoms with van der Waals surface area (Å²) in [6, 6.07) is 7.63. The Balaban J connectivity index is 2.01. The van der Waals surface area contributed by atoms with E-state index < -0.39 is 0 Å². The second kappa shape index (κ2) is 6.98. The van der Waals surface area contributed by atoms with Crippen LogP contribution in [0.15, 0.2) is 24.3 Å². The average molecular weight is 319 g/mol. The van der Waals surface area contributed by atoms with Crippen LogP contribution in [0.1, 0.15) is 48.6 Å². The first-order valence-electron chi connectivity index (χ1n) is 7.22. The fourth-order valence-electron chi connectivity index (χ4n) is 1.84. The highest BCUT2D eigenvalue weighted by Gasteiger charge is 2.15. The number of benzene rings is 1. The van der Waals surface area contributed by atoms with Crippen LogP contribution < -0.4 is 5.32 Å². The van der Waals surface area contributed by atoms with E-state index in [1.807, 2.05) is 31.2 Å². The molecule has 22 heavy (non-hydrogen) atoms. The summed E-state index contributed by atoms with van der Waals surface area (Å²) in [7, 11) is 0. The standard InChI is InChI=1S/C16H21N3O2S/c1-5-21-10-13-18-19-15(22-13)17-14(20)11-6-8-12(9-7-11)16(2,3)4/h6-9H,5,10H2,1-4H3,(H,17,19,20). The van der Waals surface area contributed by atoms with Crippen LogP contribution in [-0.4, -0.2) is 22.7 Å². The van der Waals surface area contributed by atoms with Gasteiger partial charge in [0.05, 0.1) is 0 Å². The molecule has 0 aliphatic heterocycles. The first-order valence-corrected chi connectivity index (χ1v) is 8.04. The monoisotopic (exact) mass is 319 g/mol. The van der Waals surface area contributed by atoms with Crippen LogP contribution >= 0.6 is 11.3 Å². The number of hydrogen-bond acceptors (Lipinski definition) is 5. The molecule has 0 radical (unpaired) electrons. The Morgan fingerprint density at radius 3 is 2.50 bits per heavy atom. The van der Waals surface area contributed by atoms with E-state index in [9.17, 15) is 4.79 Å². The summed E-state index contributed by atoms with van der Waals surface area (Å²) in [5.74, 6) is -0.181. The van der Waals surface area contributed by atoms with Gasteiger partial charge in [0.25, 0.3) is 5.91 Å². The number of rotatable bonds is 5. The molecule has 0 fully saturated rings. The molecular weight excluding hydrogens is 298 g/mol. The van der Waals surface area contributed by atoms with Gasteiger partial charge in [-0.1, -0.05) is 44.2 Å². The average Bonchev–Trinajstić information content (AvgIpc) is 2.92. The van der Waals surface area contributed by atoms with Crippen molar-refractivity contribution in [2.24, 2.45) is 0 Å². The molecule has 6 heteroatoms. The fraction of sp³-hybridized carbons (Fsp3) is 0.438. The van der Waals surface area contributed by atoms with E-state index in [0.717, 1.165) is 5.01 Å². The maximum Gasteiger partial charge on any atom is 0.257 e. The van der Waals surface area contributed by atoms with Crippen LogP contribution in [0, 0.1) is 0 Å². The lowest BCUT2D eigenvalue weighted by atomic mass is 9.87. The second-order valence-electron chi connectivity index (χ2n) is 5.92. The summed E-state index contributed by atoms with van der Waals surface area (Å²) in [4.78, 5) is 12.2. The summed E-state index contributed by atoms with van der Waals surface area (Å²) in [5, 5.41) is 11.9. The first kappa shape index (κ1) is 16.6. The van der Waals surface area contributed by atoms with Crippen LogP contribution in [0.3, 0.4) is 0 Å². The summed E-state index contributed by atoms with van der Waals surface area (Å²) in [6.07, 6.45) is 0. The number of carbonyl (C=O) groups excluding carboxylic acids is 1. The quantitative estimate of drug-likeness (QED) is 0.914. The Bertz CT molecular complexity index is 630. The Morgan fingerprint density at radius 2 is 1.91 bits per heavy atom. The molecule has 0 aliphatic rings. The third-order valence-electron chi connectivity index (χ3n) is 3.13.